The molecule has 0 radical (unpaired) electrons. The zero-order valence-electron chi connectivity index (χ0n) is 15.4. The van der Waals surface area contributed by atoms with Crippen LogP contribution in [-0.2, 0) is 31.5 Å². The van der Waals surface area contributed by atoms with E-state index in [4.69, 9.17) is 9.90 Å². The minimum Gasteiger partial charge on any atom is -0.475 e. The number of rotatable bonds is 3. The second kappa shape index (κ2) is 9.32. The highest BCUT2D eigenvalue weighted by Crippen LogP contribution is 2.13. The number of halogens is 3. The molecular formula is C16H19F3N6O4. The molecule has 0 bridgehead atoms. The first-order valence-corrected chi connectivity index (χ1v) is 8.45. The normalized spacial score (nSPS) is 13.5. The number of imidazole rings is 1. The summed E-state index contributed by atoms with van der Waals surface area (Å²) in [5, 5.41) is 13.1. The van der Waals surface area contributed by atoms with Gasteiger partial charge in [-0.15, -0.1) is 0 Å². The summed E-state index contributed by atoms with van der Waals surface area (Å²) in [7, 11) is 1.75. The first-order valence-electron chi connectivity index (χ1n) is 8.45. The van der Waals surface area contributed by atoms with Gasteiger partial charge in [0.25, 0.3) is 11.5 Å². The van der Waals surface area contributed by atoms with E-state index in [0.29, 0.717) is 30.4 Å². The number of alkyl halides is 3. The Kier molecular flexibility index (Phi) is 7.09. The second-order valence-electron chi connectivity index (χ2n) is 6.03. The lowest BCUT2D eigenvalue weighted by atomic mass is 10.3. The van der Waals surface area contributed by atoms with E-state index >= 15 is 0 Å². The molecule has 13 heteroatoms. The maximum absolute atomic E-state index is 12.1. The number of aromatic nitrogens is 4. The van der Waals surface area contributed by atoms with Gasteiger partial charge in [0.15, 0.2) is 5.82 Å². The first-order chi connectivity index (χ1) is 13.6. The quantitative estimate of drug-likeness (QED) is 0.644. The molecule has 1 amide bonds. The molecule has 3 heterocycles. The Morgan fingerprint density at radius 2 is 2.07 bits per heavy atom. The fourth-order valence-electron chi connectivity index (χ4n) is 2.47. The van der Waals surface area contributed by atoms with E-state index in [1.165, 1.54) is 6.07 Å². The van der Waals surface area contributed by atoms with Gasteiger partial charge in [-0.1, -0.05) is 0 Å². The van der Waals surface area contributed by atoms with Crippen LogP contribution < -0.4 is 16.2 Å². The van der Waals surface area contributed by atoms with Crippen molar-refractivity contribution < 1.29 is 27.9 Å². The predicted molar refractivity (Wildman–Crippen MR) is 92.9 cm³/mol. The van der Waals surface area contributed by atoms with E-state index in [0.717, 1.165) is 13.0 Å². The van der Waals surface area contributed by atoms with Crippen molar-refractivity contribution in [2.75, 3.05) is 6.54 Å². The lowest BCUT2D eigenvalue weighted by Crippen LogP contribution is -2.30. The number of carboxylic acid groups (broad SMARTS) is 1. The zero-order valence-corrected chi connectivity index (χ0v) is 15.4. The number of nitrogens with one attached hydrogen (secondary N) is 2. The third-order valence-electron chi connectivity index (χ3n) is 3.86. The number of fused-ring (bicyclic) bond motifs is 1. The molecule has 158 valence electrons. The summed E-state index contributed by atoms with van der Waals surface area (Å²) in [5.41, 5.74) is 0.484. The van der Waals surface area contributed by atoms with E-state index in [9.17, 15) is 22.8 Å². The smallest absolute Gasteiger partial charge is 0.475 e. The van der Waals surface area contributed by atoms with Crippen molar-refractivity contribution >= 4 is 11.9 Å². The molecule has 0 saturated heterocycles. The predicted octanol–water partition coefficient (Wildman–Crippen LogP) is 0.0334. The maximum Gasteiger partial charge on any atom is 0.490 e. The summed E-state index contributed by atoms with van der Waals surface area (Å²) in [6, 6.07) is 1.48. The zero-order chi connectivity index (χ0) is 21.6. The van der Waals surface area contributed by atoms with Gasteiger partial charge in [-0.2, -0.15) is 13.2 Å². The molecular weight excluding hydrogens is 397 g/mol. The number of aryl methyl sites for hydroxylation is 1. The van der Waals surface area contributed by atoms with E-state index in [1.807, 2.05) is 0 Å². The van der Waals surface area contributed by atoms with E-state index < -0.39 is 12.1 Å². The number of hydrogen-bond donors (Lipinski definition) is 3. The Morgan fingerprint density at radius 3 is 2.66 bits per heavy atom. The molecule has 3 N–H and O–H groups in total. The van der Waals surface area contributed by atoms with Crippen LogP contribution in [0.5, 0.6) is 0 Å². The molecule has 0 aromatic carbocycles. The fraction of sp³-hybridized carbons (Fsp3) is 0.438. The van der Waals surface area contributed by atoms with Crippen molar-refractivity contribution in [1.29, 1.82) is 0 Å². The molecule has 2 aromatic heterocycles. The largest absolute Gasteiger partial charge is 0.490 e. The molecule has 2 aromatic rings. The monoisotopic (exact) mass is 416 g/mol. The molecule has 10 nitrogen and oxygen atoms in total. The van der Waals surface area contributed by atoms with Gasteiger partial charge in [-0.3, -0.25) is 14.2 Å². The summed E-state index contributed by atoms with van der Waals surface area (Å²) in [4.78, 5) is 41.5. The van der Waals surface area contributed by atoms with Gasteiger partial charge in [0.2, 0.25) is 0 Å². The Hall–Kier alpha value is -3.22. The number of aliphatic carboxylic acids is 1. The molecule has 29 heavy (non-hydrogen) atoms. The van der Waals surface area contributed by atoms with E-state index in [1.54, 1.807) is 28.6 Å². The highest BCUT2D eigenvalue weighted by molar-refractivity contribution is 5.90. The first kappa shape index (κ1) is 22.1. The van der Waals surface area contributed by atoms with Crippen molar-refractivity contribution in [2.24, 2.45) is 7.05 Å². The second-order valence-corrected chi connectivity index (χ2v) is 6.03. The number of carbonyl (C=O) groups excluding carboxylic acids is 1. The van der Waals surface area contributed by atoms with Gasteiger partial charge < -0.3 is 20.3 Å². The SMILES string of the molecule is Cn1ccnc1C(=O)NCc1cc(=O)n2c(n1)CNCCC2.O=C(O)C(F)(F)F. The Bertz CT molecular complexity index is 937. The van der Waals surface area contributed by atoms with Crippen molar-refractivity contribution in [3.63, 3.8) is 0 Å². The van der Waals surface area contributed by atoms with E-state index in [2.05, 4.69) is 20.6 Å². The number of nitrogens with zero attached hydrogens (tertiary/aromatic N) is 4. The van der Waals surface area contributed by atoms with Crippen LogP contribution in [0.25, 0.3) is 0 Å². The van der Waals surface area contributed by atoms with Crippen molar-refractivity contribution in [2.45, 2.75) is 32.2 Å². The number of hydrogen-bond acceptors (Lipinski definition) is 6. The van der Waals surface area contributed by atoms with Crippen LogP contribution >= 0.6 is 0 Å². The number of amides is 1. The maximum atomic E-state index is 12.1. The molecule has 3 rings (SSSR count). The highest BCUT2D eigenvalue weighted by Gasteiger charge is 2.38. The van der Waals surface area contributed by atoms with Gasteiger partial charge in [0.05, 0.1) is 18.8 Å². The standard InChI is InChI=1S/C14H18N6O2.C2HF3O2/c1-19-6-4-16-13(19)14(22)17-8-10-7-12(21)20-5-2-3-15-9-11(20)18-10;3-2(4,5)1(6)7/h4,6-7,15H,2-3,5,8-9H2,1H3,(H,17,22);(H,6,7). The Labute approximate surface area is 162 Å². The molecule has 0 aliphatic carbocycles. The summed E-state index contributed by atoms with van der Waals surface area (Å²) in [6.07, 6.45) is -0.912. The van der Waals surface area contributed by atoms with Crippen molar-refractivity contribution in [3.8, 4) is 0 Å². The molecule has 1 aliphatic heterocycles. The van der Waals surface area contributed by atoms with Crippen LogP contribution in [0.2, 0.25) is 0 Å². The average Bonchev–Trinajstić information content (AvgIpc) is 2.92. The molecule has 0 atom stereocenters. The molecule has 0 unspecified atom stereocenters. The molecule has 0 saturated carbocycles. The van der Waals surface area contributed by atoms with Crippen molar-refractivity contribution in [1.82, 2.24) is 29.7 Å². The van der Waals surface area contributed by atoms with Crippen molar-refractivity contribution in [3.05, 3.63) is 46.2 Å². The van der Waals surface area contributed by atoms with Crippen LogP contribution in [-0.4, -0.2) is 48.8 Å². The Morgan fingerprint density at radius 1 is 1.38 bits per heavy atom. The van der Waals surface area contributed by atoms with Crippen LogP contribution in [0.3, 0.4) is 0 Å². The summed E-state index contributed by atoms with van der Waals surface area (Å²) in [5.74, 6) is -2.01. The van der Waals surface area contributed by atoms with E-state index in [-0.39, 0.29) is 18.0 Å². The summed E-state index contributed by atoms with van der Waals surface area (Å²) in [6.45, 7) is 2.31. The van der Waals surface area contributed by atoms with Crippen LogP contribution in [0, 0.1) is 0 Å². The van der Waals surface area contributed by atoms with Gasteiger partial charge in [0.1, 0.15) is 5.82 Å². The average molecular weight is 416 g/mol. The van der Waals surface area contributed by atoms with Gasteiger partial charge in [-0.25, -0.2) is 14.8 Å². The minimum atomic E-state index is -5.08. The summed E-state index contributed by atoms with van der Waals surface area (Å²) >= 11 is 0. The lowest BCUT2D eigenvalue weighted by Gasteiger charge is -2.10. The summed E-state index contributed by atoms with van der Waals surface area (Å²) < 4.78 is 35.1. The minimum absolute atomic E-state index is 0.0741. The highest BCUT2D eigenvalue weighted by atomic mass is 19.4. The fourth-order valence-corrected chi connectivity index (χ4v) is 2.47. The third-order valence-corrected chi connectivity index (χ3v) is 3.86. The van der Waals surface area contributed by atoms with Crippen LogP contribution in [0.1, 0.15) is 28.6 Å². The van der Waals surface area contributed by atoms with Crippen LogP contribution in [0.15, 0.2) is 23.3 Å². The molecule has 1 aliphatic rings. The topological polar surface area (TPSA) is 131 Å². The van der Waals surface area contributed by atoms with Gasteiger partial charge in [-0.05, 0) is 13.0 Å². The number of carboxylic acids is 1. The van der Waals surface area contributed by atoms with Gasteiger partial charge in [0, 0.05) is 32.1 Å². The number of carbonyl (C=O) groups is 2. The third kappa shape index (κ3) is 6.14. The molecule has 0 spiro atoms. The lowest BCUT2D eigenvalue weighted by molar-refractivity contribution is -0.192. The van der Waals surface area contributed by atoms with Gasteiger partial charge >= 0.3 is 12.1 Å². The molecule has 0 fully saturated rings. The Balaban J connectivity index is 0.000000370. The van der Waals surface area contributed by atoms with Crippen LogP contribution in [0.4, 0.5) is 13.2 Å².